The van der Waals surface area contributed by atoms with Crippen molar-refractivity contribution in [3.05, 3.63) is 0 Å². The molecule has 14 atom stereocenters. The maximum Gasteiger partial charge on any atom is 0.217 e. The summed E-state index contributed by atoms with van der Waals surface area (Å²) in [5.74, 6) is -0.748. The Morgan fingerprint density at radius 1 is 0.919 bits per heavy atom. The van der Waals surface area contributed by atoms with Crippen LogP contribution < -0.4 is 5.32 Å². The van der Waals surface area contributed by atoms with E-state index in [1.165, 1.54) is 0 Å². The van der Waals surface area contributed by atoms with Gasteiger partial charge in [0.15, 0.2) is 18.9 Å². The fourth-order valence-electron chi connectivity index (χ4n) is 3.99. The second-order valence-electron chi connectivity index (χ2n) is 8.71. The van der Waals surface area contributed by atoms with E-state index in [1.54, 1.807) is 0 Å². The summed E-state index contributed by atoms with van der Waals surface area (Å²) < 4.78 is 21.8. The van der Waals surface area contributed by atoms with Crippen LogP contribution in [0.4, 0.5) is 0 Å². The molecule has 0 aromatic carbocycles. The zero-order valence-corrected chi connectivity index (χ0v) is 19.7. The predicted octanol–water partition coefficient (Wildman–Crippen LogP) is -7.59. The molecule has 2 heterocycles. The third-order valence-electron chi connectivity index (χ3n) is 6.05. The van der Waals surface area contributed by atoms with Crippen LogP contribution in [0.15, 0.2) is 0 Å². The summed E-state index contributed by atoms with van der Waals surface area (Å²) in [5.41, 5.74) is 0. The lowest BCUT2D eigenvalue weighted by molar-refractivity contribution is -0.351. The Morgan fingerprint density at radius 3 is 2.00 bits per heavy atom. The number of nitrogens with one attached hydrogen (secondary N) is 1. The molecule has 14 unspecified atom stereocenters. The molecule has 0 bridgehead atoms. The molecule has 17 heteroatoms. The van der Waals surface area contributed by atoms with Crippen molar-refractivity contribution in [2.45, 2.75) is 92.7 Å². The van der Waals surface area contributed by atoms with E-state index >= 15 is 0 Å². The molecular weight excluding hydrogens is 510 g/mol. The van der Waals surface area contributed by atoms with E-state index in [-0.39, 0.29) is 6.29 Å². The molecule has 2 aliphatic rings. The number of carbonyl (C=O) groups is 2. The van der Waals surface area contributed by atoms with Gasteiger partial charge < -0.3 is 80.1 Å². The SMILES string of the molecule is CC(=O)NC1C(OC(C(O)C=O)C(O)C(O)CO)OC(CO)C(O)C1OC1OC(CO)C(O)C(O)C1O. The fourth-order valence-corrected chi connectivity index (χ4v) is 3.99. The monoisotopic (exact) mass is 545 g/mol. The van der Waals surface area contributed by atoms with Crippen LogP contribution >= 0.6 is 0 Å². The lowest BCUT2D eigenvalue weighted by Gasteiger charge is -2.48. The molecule has 2 rings (SSSR count). The van der Waals surface area contributed by atoms with Gasteiger partial charge in [0.25, 0.3) is 0 Å². The molecule has 0 aliphatic carbocycles. The lowest BCUT2D eigenvalue weighted by atomic mass is 9.95. The Balaban J connectivity index is 2.41. The first kappa shape index (κ1) is 31.8. The van der Waals surface area contributed by atoms with E-state index in [9.17, 15) is 55.5 Å². The van der Waals surface area contributed by atoms with Gasteiger partial charge in [-0.15, -0.1) is 0 Å². The van der Waals surface area contributed by atoms with Crippen LogP contribution in [0.3, 0.4) is 0 Å². The minimum atomic E-state index is -2.08. The van der Waals surface area contributed by atoms with Crippen molar-refractivity contribution in [3.8, 4) is 0 Å². The highest BCUT2D eigenvalue weighted by molar-refractivity contribution is 5.73. The summed E-state index contributed by atoms with van der Waals surface area (Å²) >= 11 is 0. The van der Waals surface area contributed by atoms with Crippen LogP contribution in [0.5, 0.6) is 0 Å². The molecule has 17 nitrogen and oxygen atoms in total. The van der Waals surface area contributed by atoms with Crippen molar-refractivity contribution in [3.63, 3.8) is 0 Å². The smallest absolute Gasteiger partial charge is 0.217 e. The predicted molar refractivity (Wildman–Crippen MR) is 114 cm³/mol. The molecule has 2 fully saturated rings. The molecule has 216 valence electrons. The van der Waals surface area contributed by atoms with Gasteiger partial charge in [0.05, 0.1) is 19.8 Å². The second kappa shape index (κ2) is 14.1. The number of carbonyl (C=O) groups excluding carboxylic acids is 2. The van der Waals surface area contributed by atoms with Crippen molar-refractivity contribution in [2.75, 3.05) is 19.8 Å². The maximum atomic E-state index is 12.0. The lowest BCUT2D eigenvalue weighted by Crippen LogP contribution is -2.69. The van der Waals surface area contributed by atoms with Gasteiger partial charge in [-0.3, -0.25) is 4.79 Å². The summed E-state index contributed by atoms with van der Waals surface area (Å²) in [6.07, 6.45) is -23.5. The number of aldehydes is 1. The van der Waals surface area contributed by atoms with Gasteiger partial charge in [-0.2, -0.15) is 0 Å². The molecular formula is C20H35NO16. The van der Waals surface area contributed by atoms with E-state index in [1.807, 2.05) is 0 Å². The molecule has 11 N–H and O–H groups in total. The van der Waals surface area contributed by atoms with Gasteiger partial charge in [0, 0.05) is 6.92 Å². The number of amides is 1. The van der Waals surface area contributed by atoms with Crippen LogP contribution in [0.2, 0.25) is 0 Å². The van der Waals surface area contributed by atoms with Crippen LogP contribution in [0, 0.1) is 0 Å². The normalized spacial score (nSPS) is 39.9. The van der Waals surface area contributed by atoms with E-state index in [4.69, 9.17) is 24.1 Å². The number of hydrogen-bond acceptors (Lipinski definition) is 16. The summed E-state index contributed by atoms with van der Waals surface area (Å²) in [5, 5.41) is 102. The minimum Gasteiger partial charge on any atom is -0.394 e. The summed E-state index contributed by atoms with van der Waals surface area (Å²) in [4.78, 5) is 23.2. The van der Waals surface area contributed by atoms with Crippen LogP contribution in [0.25, 0.3) is 0 Å². The quantitative estimate of drug-likeness (QED) is 0.102. The topological polar surface area (TPSA) is 285 Å². The molecule has 0 aromatic heterocycles. The number of rotatable bonds is 12. The maximum absolute atomic E-state index is 12.0. The van der Waals surface area contributed by atoms with Gasteiger partial charge in [-0.05, 0) is 0 Å². The van der Waals surface area contributed by atoms with Crippen molar-refractivity contribution in [1.29, 1.82) is 0 Å². The highest BCUT2D eigenvalue weighted by Gasteiger charge is 2.52. The molecule has 2 saturated heterocycles. The third kappa shape index (κ3) is 7.37. The standard InChI is InChI=1S/C20H35NO16/c1-6(26)21-11-18(37-20-16(33)15(32)13(30)9(4-24)35-20)14(31)10(5-25)34-19(11)36-17(8(28)3-23)12(29)7(27)2-22/h3,7-20,22,24-25,27-33H,2,4-5H2,1H3,(H,21,26). The number of aliphatic hydroxyl groups excluding tert-OH is 10. The minimum absolute atomic E-state index is 0.0471. The van der Waals surface area contributed by atoms with E-state index in [0.717, 1.165) is 6.92 Å². The number of ether oxygens (including phenoxy) is 4. The highest BCUT2D eigenvalue weighted by Crippen LogP contribution is 2.31. The summed E-state index contributed by atoms with van der Waals surface area (Å²) in [6.45, 7) is -1.61. The Labute approximate surface area is 210 Å². The molecule has 37 heavy (non-hydrogen) atoms. The molecule has 1 amide bonds. The molecule has 0 radical (unpaired) electrons. The Morgan fingerprint density at radius 2 is 1.49 bits per heavy atom. The van der Waals surface area contributed by atoms with Gasteiger partial charge in [0.2, 0.25) is 5.91 Å². The Hall–Kier alpha value is -1.42. The average molecular weight is 545 g/mol. The second-order valence-corrected chi connectivity index (χ2v) is 8.71. The van der Waals surface area contributed by atoms with E-state index in [0.29, 0.717) is 0 Å². The van der Waals surface area contributed by atoms with Crippen LogP contribution in [-0.4, -0.2) is 169 Å². The average Bonchev–Trinajstić information content (AvgIpc) is 2.88. The van der Waals surface area contributed by atoms with Gasteiger partial charge in [-0.25, -0.2) is 0 Å². The summed E-state index contributed by atoms with van der Waals surface area (Å²) in [6, 6.07) is -1.57. The van der Waals surface area contributed by atoms with E-state index in [2.05, 4.69) is 5.32 Å². The highest BCUT2D eigenvalue weighted by atomic mass is 16.7. The van der Waals surface area contributed by atoms with E-state index < -0.39 is 111 Å². The molecule has 0 saturated carbocycles. The first-order valence-electron chi connectivity index (χ1n) is 11.3. The van der Waals surface area contributed by atoms with Crippen LogP contribution in [-0.2, 0) is 28.5 Å². The number of aliphatic hydroxyl groups is 10. The Bertz CT molecular complexity index is 728. The zero-order chi connectivity index (χ0) is 28.0. The largest absolute Gasteiger partial charge is 0.394 e. The first-order valence-corrected chi connectivity index (χ1v) is 11.3. The molecule has 2 aliphatic heterocycles. The third-order valence-corrected chi connectivity index (χ3v) is 6.05. The first-order chi connectivity index (χ1) is 17.4. The zero-order valence-electron chi connectivity index (χ0n) is 19.7. The van der Waals surface area contributed by atoms with Gasteiger partial charge in [0.1, 0.15) is 73.2 Å². The van der Waals surface area contributed by atoms with Gasteiger partial charge >= 0.3 is 0 Å². The summed E-state index contributed by atoms with van der Waals surface area (Å²) in [7, 11) is 0. The van der Waals surface area contributed by atoms with Crippen molar-refractivity contribution in [1.82, 2.24) is 5.32 Å². The van der Waals surface area contributed by atoms with Crippen molar-refractivity contribution in [2.24, 2.45) is 0 Å². The van der Waals surface area contributed by atoms with Crippen LogP contribution in [0.1, 0.15) is 6.92 Å². The molecule has 0 aromatic rings. The van der Waals surface area contributed by atoms with Crippen molar-refractivity contribution < 1.29 is 79.6 Å². The fraction of sp³-hybridized carbons (Fsp3) is 0.900. The van der Waals surface area contributed by atoms with Gasteiger partial charge in [-0.1, -0.05) is 0 Å². The molecule has 0 spiro atoms. The number of hydrogen-bond donors (Lipinski definition) is 11. The van der Waals surface area contributed by atoms with Crippen molar-refractivity contribution >= 4 is 12.2 Å². The Kier molecular flexibility index (Phi) is 12.1.